The highest BCUT2D eigenvalue weighted by Crippen LogP contribution is 2.28. The van der Waals surface area contributed by atoms with Gasteiger partial charge in [0, 0.05) is 11.6 Å². The van der Waals surface area contributed by atoms with Crippen LogP contribution in [0.2, 0.25) is 0 Å². The van der Waals surface area contributed by atoms with E-state index >= 15 is 0 Å². The minimum absolute atomic E-state index is 0.547. The van der Waals surface area contributed by atoms with Gasteiger partial charge in [-0.2, -0.15) is 5.10 Å². The highest BCUT2D eigenvalue weighted by Gasteiger charge is 2.23. The molecule has 0 aliphatic heterocycles. The second-order valence-electron chi connectivity index (χ2n) is 6.72. The third-order valence-corrected chi connectivity index (χ3v) is 4.93. The number of benzene rings is 1. The molecule has 4 aromatic rings. The molecule has 1 aliphatic rings. The van der Waals surface area contributed by atoms with Crippen molar-refractivity contribution in [1.82, 2.24) is 20.2 Å². The summed E-state index contributed by atoms with van der Waals surface area (Å²) in [5.41, 5.74) is 4.02. The van der Waals surface area contributed by atoms with Crippen LogP contribution in [-0.4, -0.2) is 26.2 Å². The zero-order valence-corrected chi connectivity index (χ0v) is 14.0. The SMILES string of the molecule is Cc1c[nH]c2nc(Nc3ccc4cn[nH]c4c3)[nH+]c(NC3CCC3)c12. The molecule has 126 valence electrons. The standard InChI is InChI=1S/C18H19N7/c1-10-8-19-16-15(10)17(21-12-3-2-4-12)24-18(23-16)22-13-6-5-11-9-20-25-14(11)7-13/h5-9,12H,2-4H2,1H3,(H,20,25)(H3,19,21,22,23,24)/p+1. The highest BCUT2D eigenvalue weighted by atomic mass is 15.2. The molecule has 0 radical (unpaired) electrons. The lowest BCUT2D eigenvalue weighted by Gasteiger charge is -2.24. The second kappa shape index (κ2) is 5.47. The fraction of sp³-hybridized carbons (Fsp3) is 0.278. The van der Waals surface area contributed by atoms with Crippen molar-refractivity contribution >= 4 is 39.4 Å². The number of aryl methyl sites for hydroxylation is 1. The summed E-state index contributed by atoms with van der Waals surface area (Å²) in [4.78, 5) is 11.4. The number of hydrogen-bond acceptors (Lipinski definition) is 4. The third-order valence-electron chi connectivity index (χ3n) is 4.93. The predicted molar refractivity (Wildman–Crippen MR) is 98.0 cm³/mol. The Morgan fingerprint density at radius 1 is 1.28 bits per heavy atom. The van der Waals surface area contributed by atoms with Crippen molar-refractivity contribution in [2.75, 3.05) is 10.6 Å². The third kappa shape index (κ3) is 2.48. The van der Waals surface area contributed by atoms with Gasteiger partial charge in [0.05, 0.1) is 28.8 Å². The molecule has 7 nitrogen and oxygen atoms in total. The molecule has 0 saturated heterocycles. The van der Waals surface area contributed by atoms with Crippen LogP contribution in [0.25, 0.3) is 21.9 Å². The maximum absolute atomic E-state index is 4.68. The molecule has 0 bridgehead atoms. The molecule has 1 saturated carbocycles. The summed E-state index contributed by atoms with van der Waals surface area (Å²) in [5, 5.41) is 16.3. The fourth-order valence-electron chi connectivity index (χ4n) is 3.31. The average Bonchev–Trinajstić information content (AvgIpc) is 3.17. The molecule has 0 spiro atoms. The molecule has 0 amide bonds. The number of H-pyrrole nitrogens is 3. The first kappa shape index (κ1) is 14.3. The van der Waals surface area contributed by atoms with Gasteiger partial charge < -0.3 is 10.3 Å². The molecule has 1 fully saturated rings. The molecule has 7 heteroatoms. The molecule has 1 aliphatic carbocycles. The van der Waals surface area contributed by atoms with Crippen molar-refractivity contribution in [3.63, 3.8) is 0 Å². The number of anilines is 3. The Morgan fingerprint density at radius 2 is 2.20 bits per heavy atom. The Balaban J connectivity index is 1.53. The number of hydrogen-bond donors (Lipinski definition) is 4. The largest absolute Gasteiger partial charge is 0.351 e. The number of aromatic amines is 3. The number of rotatable bonds is 4. The molecule has 5 N–H and O–H groups in total. The van der Waals surface area contributed by atoms with Gasteiger partial charge in [0.15, 0.2) is 0 Å². The summed E-state index contributed by atoms with van der Waals surface area (Å²) in [6.07, 6.45) is 7.56. The monoisotopic (exact) mass is 334 g/mol. The molecular weight excluding hydrogens is 314 g/mol. The van der Waals surface area contributed by atoms with E-state index in [1.807, 2.05) is 30.6 Å². The van der Waals surface area contributed by atoms with Gasteiger partial charge in [0.25, 0.3) is 0 Å². The van der Waals surface area contributed by atoms with E-state index < -0.39 is 0 Å². The van der Waals surface area contributed by atoms with Crippen molar-refractivity contribution in [3.05, 3.63) is 36.2 Å². The van der Waals surface area contributed by atoms with E-state index in [0.717, 1.165) is 33.4 Å². The number of fused-ring (bicyclic) bond motifs is 2. The Kier molecular flexibility index (Phi) is 3.12. The van der Waals surface area contributed by atoms with Crippen LogP contribution in [-0.2, 0) is 0 Å². The summed E-state index contributed by atoms with van der Waals surface area (Å²) >= 11 is 0. The van der Waals surface area contributed by atoms with Crippen LogP contribution in [0.1, 0.15) is 24.8 Å². The average molecular weight is 334 g/mol. The van der Waals surface area contributed by atoms with Gasteiger partial charge in [0.2, 0.25) is 11.5 Å². The normalized spacial score (nSPS) is 14.8. The molecule has 5 rings (SSSR count). The van der Waals surface area contributed by atoms with Gasteiger partial charge in [-0.15, -0.1) is 0 Å². The van der Waals surface area contributed by atoms with Crippen LogP contribution in [0.4, 0.5) is 17.5 Å². The molecule has 1 aromatic carbocycles. The van der Waals surface area contributed by atoms with Crippen LogP contribution in [0.3, 0.4) is 0 Å². The first-order valence-electron chi connectivity index (χ1n) is 8.64. The van der Waals surface area contributed by atoms with Crippen LogP contribution in [0.15, 0.2) is 30.6 Å². The highest BCUT2D eigenvalue weighted by molar-refractivity contribution is 5.89. The Hall–Kier alpha value is -3.09. The van der Waals surface area contributed by atoms with Crippen molar-refractivity contribution < 1.29 is 4.98 Å². The Labute approximate surface area is 144 Å². The van der Waals surface area contributed by atoms with Crippen LogP contribution in [0.5, 0.6) is 0 Å². The zero-order chi connectivity index (χ0) is 16.8. The van der Waals surface area contributed by atoms with Gasteiger partial charge in [-0.05, 0) is 49.9 Å². The number of nitrogens with one attached hydrogen (secondary N) is 5. The predicted octanol–water partition coefficient (Wildman–Crippen LogP) is 3.27. The van der Waals surface area contributed by atoms with Crippen LogP contribution in [0, 0.1) is 6.92 Å². The molecule has 3 heterocycles. The quantitative estimate of drug-likeness (QED) is 0.460. The van der Waals surface area contributed by atoms with Gasteiger partial charge >= 0.3 is 5.95 Å². The topological polar surface area (TPSA) is 95.6 Å². The van der Waals surface area contributed by atoms with E-state index in [0.29, 0.717) is 12.0 Å². The van der Waals surface area contributed by atoms with Crippen molar-refractivity contribution in [3.8, 4) is 0 Å². The lowest BCUT2D eigenvalue weighted by atomic mass is 9.93. The number of nitrogens with zero attached hydrogens (tertiary/aromatic N) is 2. The summed E-state index contributed by atoms with van der Waals surface area (Å²) in [7, 11) is 0. The van der Waals surface area contributed by atoms with Crippen molar-refractivity contribution in [2.24, 2.45) is 0 Å². The minimum atomic E-state index is 0.547. The molecule has 3 aromatic heterocycles. The smallest absolute Gasteiger partial charge is 0.335 e. The zero-order valence-electron chi connectivity index (χ0n) is 14.0. The van der Waals surface area contributed by atoms with E-state index in [1.165, 1.54) is 24.8 Å². The van der Waals surface area contributed by atoms with Crippen molar-refractivity contribution in [1.29, 1.82) is 0 Å². The van der Waals surface area contributed by atoms with E-state index in [4.69, 9.17) is 0 Å². The summed E-state index contributed by atoms with van der Waals surface area (Å²) < 4.78 is 0. The number of aromatic nitrogens is 5. The van der Waals surface area contributed by atoms with Gasteiger partial charge in [0.1, 0.15) is 0 Å². The fourth-order valence-corrected chi connectivity index (χ4v) is 3.31. The lowest BCUT2D eigenvalue weighted by Crippen LogP contribution is -2.31. The first-order valence-corrected chi connectivity index (χ1v) is 8.64. The maximum Gasteiger partial charge on any atom is 0.351 e. The summed E-state index contributed by atoms with van der Waals surface area (Å²) in [5.74, 6) is 1.73. The first-order chi connectivity index (χ1) is 12.3. The van der Waals surface area contributed by atoms with Gasteiger partial charge in [-0.3, -0.25) is 10.4 Å². The van der Waals surface area contributed by atoms with Crippen LogP contribution >= 0.6 is 0 Å². The molecule has 25 heavy (non-hydrogen) atoms. The van der Waals surface area contributed by atoms with E-state index in [2.05, 4.69) is 42.7 Å². The molecule has 0 atom stereocenters. The Morgan fingerprint density at radius 3 is 3.04 bits per heavy atom. The van der Waals surface area contributed by atoms with E-state index in [9.17, 15) is 0 Å². The van der Waals surface area contributed by atoms with Gasteiger partial charge in [-0.25, -0.2) is 4.98 Å². The molecular formula is C18H20N7+. The van der Waals surface area contributed by atoms with E-state index in [1.54, 1.807) is 0 Å². The van der Waals surface area contributed by atoms with Crippen molar-refractivity contribution in [2.45, 2.75) is 32.2 Å². The summed E-state index contributed by atoms with van der Waals surface area (Å²) in [6, 6.07) is 6.63. The van der Waals surface area contributed by atoms with Gasteiger partial charge in [-0.1, -0.05) is 4.98 Å². The van der Waals surface area contributed by atoms with Crippen LogP contribution < -0.4 is 15.6 Å². The lowest BCUT2D eigenvalue weighted by molar-refractivity contribution is -0.346. The van der Waals surface area contributed by atoms with E-state index in [-0.39, 0.29) is 0 Å². The summed E-state index contributed by atoms with van der Waals surface area (Å²) in [6.45, 7) is 2.10. The second-order valence-corrected chi connectivity index (χ2v) is 6.72. The molecule has 0 unspecified atom stereocenters. The minimum Gasteiger partial charge on any atom is -0.335 e. The maximum atomic E-state index is 4.68. The Bertz CT molecular complexity index is 1060.